The third-order valence-corrected chi connectivity index (χ3v) is 4.02. The summed E-state index contributed by atoms with van der Waals surface area (Å²) in [6.45, 7) is 1.59. The fraction of sp³-hybridized carbons (Fsp3) is 0.182. The molecule has 0 radical (unpaired) electrons. The van der Waals surface area contributed by atoms with E-state index in [1.165, 1.54) is 0 Å². The van der Waals surface area contributed by atoms with Crippen molar-refractivity contribution in [2.45, 2.75) is 12.2 Å². The van der Waals surface area contributed by atoms with E-state index in [-0.39, 0.29) is 0 Å². The largest absolute Gasteiger partial charge is 0.480 e. The monoisotopic (exact) mass is 270 g/mol. The molecule has 16 heavy (non-hydrogen) atoms. The van der Waals surface area contributed by atoms with Crippen LogP contribution in [0.2, 0.25) is 0 Å². The molecule has 0 aliphatic heterocycles. The van der Waals surface area contributed by atoms with Crippen LogP contribution in [0.25, 0.3) is 0 Å². The number of benzene rings is 1. The Bertz CT molecular complexity index is 414. The molecule has 1 atom stereocenters. The zero-order valence-corrected chi connectivity index (χ0v) is 11.0. The molecule has 0 saturated carbocycles. The van der Waals surface area contributed by atoms with Gasteiger partial charge in [-0.1, -0.05) is 66.5 Å². The molecule has 1 aromatic rings. The summed E-state index contributed by atoms with van der Waals surface area (Å²) in [5.74, 6) is -0.886. The fourth-order valence-corrected chi connectivity index (χ4v) is 2.45. The quantitative estimate of drug-likeness (QED) is 0.672. The van der Waals surface area contributed by atoms with E-state index in [1.807, 2.05) is 30.3 Å². The van der Waals surface area contributed by atoms with Crippen molar-refractivity contribution in [1.82, 2.24) is 0 Å². The summed E-state index contributed by atoms with van der Waals surface area (Å²) >= 11 is 11.4. The maximum Gasteiger partial charge on any atom is 0.316 e. The van der Waals surface area contributed by atoms with E-state index in [9.17, 15) is 4.79 Å². The van der Waals surface area contributed by atoms with Crippen LogP contribution in [-0.4, -0.2) is 25.4 Å². The van der Waals surface area contributed by atoms with Gasteiger partial charge in [-0.15, -0.1) is 0 Å². The van der Waals surface area contributed by atoms with E-state index in [0.717, 1.165) is 17.3 Å². The van der Waals surface area contributed by atoms with Gasteiger partial charge in [0, 0.05) is 0 Å². The van der Waals surface area contributed by atoms with Gasteiger partial charge >= 0.3 is 5.97 Å². The Labute approximate surface area is 109 Å². The second-order valence-corrected chi connectivity index (χ2v) is 5.51. The van der Waals surface area contributed by atoms with Crippen molar-refractivity contribution in [2.24, 2.45) is 0 Å². The predicted octanol–water partition coefficient (Wildman–Crippen LogP) is 2.94. The lowest BCUT2D eigenvalue weighted by atomic mass is 10.2. The van der Waals surface area contributed by atoms with Crippen molar-refractivity contribution in [3.63, 3.8) is 0 Å². The molecule has 0 heterocycles. The SMILES string of the molecule is CC(SC(=S)C(=S)c1ccccc1)C(=O)O. The summed E-state index contributed by atoms with van der Waals surface area (Å²) in [5.41, 5.74) is 0.854. The predicted molar refractivity (Wildman–Crippen MR) is 75.4 cm³/mol. The van der Waals surface area contributed by atoms with Gasteiger partial charge in [0.1, 0.15) is 5.25 Å². The molecule has 0 bridgehead atoms. The molecule has 5 heteroatoms. The molecule has 0 fully saturated rings. The van der Waals surface area contributed by atoms with Gasteiger partial charge in [-0.2, -0.15) is 0 Å². The van der Waals surface area contributed by atoms with Crippen LogP contribution in [0, 0.1) is 0 Å². The second-order valence-electron chi connectivity index (χ2n) is 3.08. The minimum Gasteiger partial charge on any atom is -0.480 e. The highest BCUT2D eigenvalue weighted by molar-refractivity contribution is 8.27. The van der Waals surface area contributed by atoms with Crippen LogP contribution >= 0.6 is 36.2 Å². The summed E-state index contributed by atoms with van der Waals surface area (Å²) < 4.78 is 0.455. The van der Waals surface area contributed by atoms with Crippen molar-refractivity contribution < 1.29 is 9.90 Å². The normalized spacial score (nSPS) is 11.8. The number of carbonyl (C=O) groups is 1. The molecule has 2 nitrogen and oxygen atoms in total. The number of thioether (sulfide) groups is 1. The van der Waals surface area contributed by atoms with Crippen molar-refractivity contribution >= 4 is 51.2 Å². The van der Waals surface area contributed by atoms with Gasteiger partial charge in [-0.05, 0) is 12.5 Å². The zero-order chi connectivity index (χ0) is 12.1. The van der Waals surface area contributed by atoms with E-state index in [2.05, 4.69) is 0 Å². The number of carboxylic acid groups (broad SMARTS) is 1. The standard InChI is InChI=1S/C11H10O2S3/c1-7(10(12)13)16-11(15)9(14)8-5-3-2-4-6-8/h2-7H,1H3,(H,12,13). The summed E-state index contributed by atoms with van der Waals surface area (Å²) in [6.07, 6.45) is 0. The Morgan fingerprint density at radius 2 is 1.88 bits per heavy atom. The third-order valence-electron chi connectivity index (χ3n) is 1.85. The topological polar surface area (TPSA) is 37.3 Å². The summed E-state index contributed by atoms with van der Waals surface area (Å²) in [6, 6.07) is 9.36. The van der Waals surface area contributed by atoms with Crippen LogP contribution in [-0.2, 0) is 4.79 Å². The maximum absolute atomic E-state index is 10.7. The molecule has 0 spiro atoms. The summed E-state index contributed by atoms with van der Waals surface area (Å²) in [7, 11) is 0. The van der Waals surface area contributed by atoms with Crippen LogP contribution in [0.15, 0.2) is 30.3 Å². The Morgan fingerprint density at radius 1 is 1.31 bits per heavy atom. The van der Waals surface area contributed by atoms with E-state index in [1.54, 1.807) is 6.92 Å². The van der Waals surface area contributed by atoms with Crippen LogP contribution in [0.5, 0.6) is 0 Å². The number of hydrogen-bond donors (Lipinski definition) is 1. The zero-order valence-electron chi connectivity index (χ0n) is 8.54. The maximum atomic E-state index is 10.7. The van der Waals surface area contributed by atoms with E-state index in [4.69, 9.17) is 29.5 Å². The first-order chi connectivity index (χ1) is 7.52. The van der Waals surface area contributed by atoms with Gasteiger partial charge in [-0.3, -0.25) is 4.79 Å². The molecule has 1 aromatic carbocycles. The fourth-order valence-electron chi connectivity index (χ4n) is 0.972. The smallest absolute Gasteiger partial charge is 0.316 e. The van der Waals surface area contributed by atoms with Gasteiger partial charge in [0.15, 0.2) is 0 Å². The molecule has 0 amide bonds. The Balaban J connectivity index is 2.69. The first-order valence-electron chi connectivity index (χ1n) is 4.55. The van der Waals surface area contributed by atoms with Gasteiger partial charge in [-0.25, -0.2) is 0 Å². The third kappa shape index (κ3) is 3.66. The number of aliphatic carboxylic acids is 1. The molecule has 0 aliphatic rings. The Hall–Kier alpha value is -0.780. The highest BCUT2D eigenvalue weighted by Crippen LogP contribution is 2.17. The number of hydrogen-bond acceptors (Lipinski definition) is 4. The Morgan fingerprint density at radius 3 is 2.38 bits per heavy atom. The molecule has 84 valence electrons. The highest BCUT2D eigenvalue weighted by atomic mass is 32.2. The van der Waals surface area contributed by atoms with Crippen molar-refractivity contribution in [3.8, 4) is 0 Å². The van der Waals surface area contributed by atoms with Crippen molar-refractivity contribution in [3.05, 3.63) is 35.9 Å². The van der Waals surface area contributed by atoms with Gasteiger partial charge < -0.3 is 5.11 Å². The average molecular weight is 270 g/mol. The Kier molecular flexibility index (Phi) is 5.05. The summed E-state index contributed by atoms with van der Waals surface area (Å²) in [5, 5.41) is 8.18. The summed E-state index contributed by atoms with van der Waals surface area (Å²) in [4.78, 5) is 11.2. The molecule has 1 N–H and O–H groups in total. The number of carboxylic acids is 1. The first-order valence-corrected chi connectivity index (χ1v) is 6.25. The lowest BCUT2D eigenvalue weighted by molar-refractivity contribution is -0.136. The second kappa shape index (κ2) is 6.08. The minimum absolute atomic E-state index is 0.455. The molecule has 0 aromatic heterocycles. The first kappa shape index (κ1) is 13.3. The van der Waals surface area contributed by atoms with Crippen LogP contribution in [0.3, 0.4) is 0 Å². The van der Waals surface area contributed by atoms with Crippen LogP contribution in [0.1, 0.15) is 12.5 Å². The minimum atomic E-state index is -0.886. The van der Waals surface area contributed by atoms with Crippen molar-refractivity contribution in [1.29, 1.82) is 0 Å². The molecule has 1 rings (SSSR count). The van der Waals surface area contributed by atoms with Crippen LogP contribution in [0.4, 0.5) is 0 Å². The molecule has 0 saturated heterocycles. The highest BCUT2D eigenvalue weighted by Gasteiger charge is 2.17. The van der Waals surface area contributed by atoms with Gasteiger partial charge in [0.05, 0.1) is 9.06 Å². The lowest BCUT2D eigenvalue weighted by Gasteiger charge is -2.08. The van der Waals surface area contributed by atoms with E-state index >= 15 is 0 Å². The van der Waals surface area contributed by atoms with Crippen LogP contribution < -0.4 is 0 Å². The lowest BCUT2D eigenvalue weighted by Crippen LogP contribution is -2.17. The van der Waals surface area contributed by atoms with Crippen molar-refractivity contribution in [2.75, 3.05) is 0 Å². The molecule has 0 aliphatic carbocycles. The van der Waals surface area contributed by atoms with E-state index in [0.29, 0.717) is 9.06 Å². The molecule has 1 unspecified atom stereocenters. The molecular formula is C11H10O2S3. The van der Waals surface area contributed by atoms with E-state index < -0.39 is 11.2 Å². The average Bonchev–Trinajstić information content (AvgIpc) is 2.28. The van der Waals surface area contributed by atoms with Gasteiger partial charge in [0.2, 0.25) is 0 Å². The number of thiocarbonyl (C=S) groups is 2. The molecular weight excluding hydrogens is 260 g/mol. The number of rotatable bonds is 4. The van der Waals surface area contributed by atoms with Gasteiger partial charge in [0.25, 0.3) is 0 Å².